The molecule has 0 aromatic carbocycles. The third-order valence-electron chi connectivity index (χ3n) is 8.87. The van der Waals surface area contributed by atoms with Gasteiger partial charge in [-0.15, -0.1) is 0 Å². The van der Waals surface area contributed by atoms with Gasteiger partial charge in [0, 0.05) is 42.9 Å². The molecule has 0 radical (unpaired) electrons. The molecule has 3 aliphatic rings. The van der Waals surface area contributed by atoms with Crippen LogP contribution in [-0.4, -0.2) is 49.6 Å². The van der Waals surface area contributed by atoms with Crippen molar-refractivity contribution in [2.75, 3.05) is 19.3 Å². The van der Waals surface area contributed by atoms with Crippen molar-refractivity contribution < 1.29 is 14.1 Å². The summed E-state index contributed by atoms with van der Waals surface area (Å²) in [6, 6.07) is 1.19. The van der Waals surface area contributed by atoms with E-state index in [2.05, 4.69) is 6.92 Å². The highest BCUT2D eigenvalue weighted by molar-refractivity contribution is 7.91. The first-order valence-electron chi connectivity index (χ1n) is 13.1. The fourth-order valence-electron chi connectivity index (χ4n) is 6.84. The van der Waals surface area contributed by atoms with Gasteiger partial charge in [-0.1, -0.05) is 63.5 Å². The minimum absolute atomic E-state index is 0.0149. The van der Waals surface area contributed by atoms with Crippen molar-refractivity contribution in [1.82, 2.24) is 9.47 Å². The Hall–Kier alpha value is -1.38. The Labute approximate surface area is 214 Å². The van der Waals surface area contributed by atoms with E-state index in [0.29, 0.717) is 25.4 Å². The summed E-state index contributed by atoms with van der Waals surface area (Å²) in [7, 11) is -3.13. The Balaban J connectivity index is 1.54. The molecule has 2 heterocycles. The number of hydrogen-bond acceptors (Lipinski definition) is 5. The van der Waals surface area contributed by atoms with Crippen molar-refractivity contribution >= 4 is 27.2 Å². The molecule has 2 aliphatic carbocycles. The van der Waals surface area contributed by atoms with Crippen molar-refractivity contribution in [1.29, 1.82) is 4.78 Å². The summed E-state index contributed by atoms with van der Waals surface area (Å²) in [5.74, 6) is 0.815. The van der Waals surface area contributed by atoms with Crippen LogP contribution < -0.4 is 5.56 Å². The van der Waals surface area contributed by atoms with Gasteiger partial charge in [0.1, 0.15) is 0 Å². The van der Waals surface area contributed by atoms with Crippen LogP contribution in [0, 0.1) is 22.0 Å². The summed E-state index contributed by atoms with van der Waals surface area (Å²) < 4.78 is 21.7. The molecule has 1 aromatic heterocycles. The van der Waals surface area contributed by atoms with E-state index in [1.807, 2.05) is 4.90 Å². The molecule has 1 aromatic rings. The molecule has 1 spiro atoms. The van der Waals surface area contributed by atoms with Gasteiger partial charge in [-0.2, -0.15) is 0 Å². The monoisotopic (exact) mass is 525 g/mol. The van der Waals surface area contributed by atoms with Crippen LogP contribution >= 0.6 is 11.6 Å². The maximum Gasteiger partial charge on any atom is 0.252 e. The number of aromatic nitrogens is 1. The number of halogens is 1. The maximum atomic E-state index is 13.4. The molecule has 2 N–H and O–H groups in total. The lowest BCUT2D eigenvalue weighted by molar-refractivity contribution is -0.163. The predicted molar refractivity (Wildman–Crippen MR) is 138 cm³/mol. The molecule has 3 unspecified atom stereocenters. The van der Waals surface area contributed by atoms with Crippen LogP contribution in [0.15, 0.2) is 22.0 Å². The van der Waals surface area contributed by atoms with E-state index in [9.17, 15) is 18.9 Å². The zero-order valence-corrected chi connectivity index (χ0v) is 22.6. The first-order valence-corrected chi connectivity index (χ1v) is 15.4. The van der Waals surface area contributed by atoms with E-state index < -0.39 is 20.7 Å². The number of piperidine rings is 1. The standard InChI is InChI=1S/C26H40ClN3O4S/c1-19(14-20-8-4-3-5-9-20)24(32)29-13-12-26(33,25(17-29)10-6-7-11-25)18-30-16-22(35(2,28)34)21(27)15-23(30)31/h15-16,19-20,28,33H,3-14,17-18H2,1-2H3. The molecular weight excluding hydrogens is 486 g/mol. The average molecular weight is 526 g/mol. The molecule has 3 atom stereocenters. The van der Waals surface area contributed by atoms with Crippen LogP contribution in [-0.2, 0) is 21.1 Å². The molecule has 3 fully saturated rings. The number of carbonyl (C=O) groups is 1. The average Bonchev–Trinajstić information content (AvgIpc) is 3.27. The van der Waals surface area contributed by atoms with E-state index in [1.54, 1.807) is 0 Å². The number of likely N-dealkylation sites (tertiary alicyclic amines) is 1. The minimum Gasteiger partial charge on any atom is -0.387 e. The molecular formula is C26H40ClN3O4S. The van der Waals surface area contributed by atoms with Gasteiger partial charge in [-0.25, -0.2) is 8.99 Å². The SMILES string of the molecule is CC(CC1CCCCC1)C(=O)N1CCC(O)(Cn2cc(S(C)(=N)=O)c(Cl)cc2=O)C2(CCCC2)C1. The molecule has 0 bridgehead atoms. The molecule has 2 saturated carbocycles. The molecule has 35 heavy (non-hydrogen) atoms. The molecule has 196 valence electrons. The maximum absolute atomic E-state index is 13.4. The Kier molecular flexibility index (Phi) is 7.75. The van der Waals surface area contributed by atoms with E-state index in [4.69, 9.17) is 16.4 Å². The third-order valence-corrected chi connectivity index (χ3v) is 10.5. The Morgan fingerprint density at radius 1 is 1.23 bits per heavy atom. The Bertz CT molecular complexity index is 1110. The second-order valence-corrected chi connectivity index (χ2v) is 14.0. The van der Waals surface area contributed by atoms with Crippen LogP contribution in [0.2, 0.25) is 5.02 Å². The van der Waals surface area contributed by atoms with Crippen LogP contribution in [0.1, 0.15) is 77.6 Å². The summed E-state index contributed by atoms with van der Waals surface area (Å²) in [6.45, 7) is 3.07. The highest BCUT2D eigenvalue weighted by atomic mass is 35.5. The topological polar surface area (TPSA) is 103 Å². The number of carbonyl (C=O) groups excluding carboxylic acids is 1. The van der Waals surface area contributed by atoms with Gasteiger partial charge in [0.15, 0.2) is 0 Å². The largest absolute Gasteiger partial charge is 0.387 e. The number of amides is 1. The van der Waals surface area contributed by atoms with E-state index in [1.165, 1.54) is 55.2 Å². The molecule has 9 heteroatoms. The summed E-state index contributed by atoms with van der Waals surface area (Å²) >= 11 is 6.12. The van der Waals surface area contributed by atoms with Gasteiger partial charge in [-0.3, -0.25) is 9.59 Å². The quantitative estimate of drug-likeness (QED) is 0.563. The zero-order chi connectivity index (χ0) is 25.4. The number of nitrogens with zero attached hydrogens (tertiary/aromatic N) is 2. The highest BCUT2D eigenvalue weighted by Gasteiger charge is 2.55. The van der Waals surface area contributed by atoms with Crippen molar-refractivity contribution in [3.63, 3.8) is 0 Å². The van der Waals surface area contributed by atoms with Crippen LogP contribution in [0.3, 0.4) is 0 Å². The van der Waals surface area contributed by atoms with Gasteiger partial charge in [0.25, 0.3) is 5.56 Å². The first kappa shape index (κ1) is 26.7. The summed E-state index contributed by atoms with van der Waals surface area (Å²) in [6.07, 6.45) is 13.9. The van der Waals surface area contributed by atoms with Crippen molar-refractivity contribution in [2.45, 2.75) is 94.6 Å². The van der Waals surface area contributed by atoms with Crippen LogP contribution in [0.5, 0.6) is 0 Å². The lowest BCUT2D eigenvalue weighted by Crippen LogP contribution is -2.62. The van der Waals surface area contributed by atoms with Crippen LogP contribution in [0.4, 0.5) is 0 Å². The number of aliphatic hydroxyl groups is 1. The van der Waals surface area contributed by atoms with Gasteiger partial charge >= 0.3 is 0 Å². The number of rotatable bonds is 6. The van der Waals surface area contributed by atoms with Crippen LogP contribution in [0.25, 0.3) is 0 Å². The fraction of sp³-hybridized carbons (Fsp3) is 0.769. The molecule has 1 aliphatic heterocycles. The van der Waals surface area contributed by atoms with E-state index in [0.717, 1.165) is 32.1 Å². The molecule has 4 rings (SSSR count). The highest BCUT2D eigenvalue weighted by Crippen LogP contribution is 2.52. The predicted octanol–water partition coefficient (Wildman–Crippen LogP) is 4.67. The second-order valence-electron chi connectivity index (χ2n) is 11.5. The van der Waals surface area contributed by atoms with Crippen molar-refractivity contribution in [3.05, 3.63) is 27.6 Å². The molecule has 1 amide bonds. The number of pyridine rings is 1. The van der Waals surface area contributed by atoms with Crippen molar-refractivity contribution in [2.24, 2.45) is 17.3 Å². The lowest BCUT2D eigenvalue weighted by atomic mass is 9.65. The number of nitrogens with one attached hydrogen (secondary N) is 1. The minimum atomic E-state index is -3.13. The van der Waals surface area contributed by atoms with E-state index >= 15 is 0 Å². The molecule has 1 saturated heterocycles. The Morgan fingerprint density at radius 2 is 1.89 bits per heavy atom. The fourth-order valence-corrected chi connectivity index (χ4v) is 8.19. The first-order chi connectivity index (χ1) is 16.4. The summed E-state index contributed by atoms with van der Waals surface area (Å²) in [4.78, 5) is 28.3. The van der Waals surface area contributed by atoms with Gasteiger partial charge < -0.3 is 14.6 Å². The third kappa shape index (κ3) is 5.49. The summed E-state index contributed by atoms with van der Waals surface area (Å²) in [5.41, 5.74) is -2.03. The van der Waals surface area contributed by atoms with Crippen molar-refractivity contribution in [3.8, 4) is 0 Å². The normalized spacial score (nSPS) is 27.6. The van der Waals surface area contributed by atoms with E-state index in [-0.39, 0.29) is 33.8 Å². The zero-order valence-electron chi connectivity index (χ0n) is 21.1. The van der Waals surface area contributed by atoms with Gasteiger partial charge in [0.05, 0.1) is 31.8 Å². The second kappa shape index (κ2) is 10.2. The van der Waals surface area contributed by atoms with Gasteiger partial charge in [-0.05, 0) is 31.6 Å². The smallest absolute Gasteiger partial charge is 0.252 e. The molecule has 7 nitrogen and oxygen atoms in total. The lowest BCUT2D eigenvalue weighted by Gasteiger charge is -2.53. The Morgan fingerprint density at radius 3 is 2.51 bits per heavy atom. The summed E-state index contributed by atoms with van der Waals surface area (Å²) in [5, 5.41) is 12.0. The van der Waals surface area contributed by atoms with Gasteiger partial charge in [0.2, 0.25) is 5.91 Å². The number of hydrogen-bond donors (Lipinski definition) is 2.